The lowest BCUT2D eigenvalue weighted by Gasteiger charge is -2.19. The molecule has 6 rings (SSSR count). The third-order valence-electron chi connectivity index (χ3n) is 6.46. The van der Waals surface area contributed by atoms with E-state index in [9.17, 15) is 0 Å². The Bertz CT molecular complexity index is 1340. The van der Waals surface area contributed by atoms with Crippen LogP contribution in [0.5, 0.6) is 17.4 Å². The molecule has 0 bridgehead atoms. The molecule has 37 heavy (non-hydrogen) atoms. The Balaban J connectivity index is 0.000000503. The molecule has 0 radical (unpaired) electrons. The predicted molar refractivity (Wildman–Crippen MR) is 140 cm³/mol. The number of nitrogens with zero attached hydrogens (tertiary/aromatic N) is 5. The number of ether oxygens (including phenoxy) is 5. The van der Waals surface area contributed by atoms with E-state index in [0.717, 1.165) is 41.0 Å². The van der Waals surface area contributed by atoms with Gasteiger partial charge in [0.2, 0.25) is 5.88 Å². The SMILES string of the molecule is C1CCOC1.COc1cc2ncnc(N3CC(OC)C(Oc4cnc5ccccc5n4)C3)c2cc1OC. The van der Waals surface area contributed by atoms with E-state index in [2.05, 4.69) is 24.8 Å². The summed E-state index contributed by atoms with van der Waals surface area (Å²) in [4.78, 5) is 20.1. The molecule has 10 nitrogen and oxygen atoms in total. The molecule has 0 aliphatic carbocycles. The Kier molecular flexibility index (Phi) is 7.76. The first kappa shape index (κ1) is 24.9. The van der Waals surface area contributed by atoms with Gasteiger partial charge in [0.05, 0.1) is 43.5 Å². The number of anilines is 1. The average Bonchev–Trinajstić information content (AvgIpc) is 3.66. The van der Waals surface area contributed by atoms with Gasteiger partial charge in [0.15, 0.2) is 11.5 Å². The van der Waals surface area contributed by atoms with Crippen LogP contribution in [-0.4, -0.2) is 79.8 Å². The molecular formula is C27H31N5O5. The van der Waals surface area contributed by atoms with Crippen LogP contribution in [0.15, 0.2) is 48.9 Å². The minimum Gasteiger partial charge on any atom is -0.493 e. The van der Waals surface area contributed by atoms with Gasteiger partial charge < -0.3 is 28.6 Å². The molecule has 4 aromatic rings. The maximum absolute atomic E-state index is 6.20. The number of hydrogen-bond acceptors (Lipinski definition) is 10. The standard InChI is InChI=1S/C23H23N5O4.C4H8O/c1-29-18-8-14-17(9-19(18)30-2)25-13-26-23(14)28-11-20(31-3)21(12-28)32-22-10-24-15-6-4-5-7-16(15)27-22;1-2-4-5-3-1/h4-10,13,20-21H,11-12H2,1-3H3;1-4H2. The van der Waals surface area contributed by atoms with Crippen LogP contribution in [0.1, 0.15) is 12.8 Å². The summed E-state index contributed by atoms with van der Waals surface area (Å²) in [6, 6.07) is 11.4. The third kappa shape index (κ3) is 5.50. The van der Waals surface area contributed by atoms with Gasteiger partial charge in [0, 0.05) is 38.3 Å². The number of hydrogen-bond donors (Lipinski definition) is 0. The molecule has 0 spiro atoms. The van der Waals surface area contributed by atoms with Crippen molar-refractivity contribution in [2.75, 3.05) is 52.5 Å². The molecule has 2 aromatic carbocycles. The zero-order valence-electron chi connectivity index (χ0n) is 21.3. The van der Waals surface area contributed by atoms with Crippen LogP contribution in [0.4, 0.5) is 5.82 Å². The summed E-state index contributed by atoms with van der Waals surface area (Å²) in [7, 11) is 4.90. The molecule has 4 heterocycles. The Hall–Kier alpha value is -3.76. The highest BCUT2D eigenvalue weighted by Gasteiger charge is 2.36. The fourth-order valence-electron chi connectivity index (χ4n) is 4.54. The molecule has 194 valence electrons. The van der Waals surface area contributed by atoms with Crippen molar-refractivity contribution in [3.8, 4) is 17.4 Å². The molecule has 0 amide bonds. The molecule has 0 N–H and O–H groups in total. The van der Waals surface area contributed by atoms with Crippen LogP contribution in [0.25, 0.3) is 21.9 Å². The van der Waals surface area contributed by atoms with E-state index in [0.29, 0.717) is 30.5 Å². The fourth-order valence-corrected chi connectivity index (χ4v) is 4.54. The van der Waals surface area contributed by atoms with Crippen LogP contribution in [0, 0.1) is 0 Å². The second kappa shape index (κ2) is 11.5. The van der Waals surface area contributed by atoms with Gasteiger partial charge in [-0.1, -0.05) is 12.1 Å². The van der Waals surface area contributed by atoms with Crippen molar-refractivity contribution >= 4 is 27.8 Å². The predicted octanol–water partition coefficient (Wildman–Crippen LogP) is 3.67. The van der Waals surface area contributed by atoms with Gasteiger partial charge in [0.25, 0.3) is 0 Å². The molecular weight excluding hydrogens is 474 g/mol. The molecule has 2 fully saturated rings. The van der Waals surface area contributed by atoms with Crippen molar-refractivity contribution in [2.45, 2.75) is 25.0 Å². The summed E-state index contributed by atoms with van der Waals surface area (Å²) in [5.74, 6) is 2.50. The van der Waals surface area contributed by atoms with Crippen LogP contribution in [0.2, 0.25) is 0 Å². The summed E-state index contributed by atoms with van der Waals surface area (Å²) in [6.07, 6.45) is 5.36. The van der Waals surface area contributed by atoms with Crippen molar-refractivity contribution in [2.24, 2.45) is 0 Å². The monoisotopic (exact) mass is 505 g/mol. The Morgan fingerprint density at radius 2 is 1.57 bits per heavy atom. The van der Waals surface area contributed by atoms with E-state index in [1.807, 2.05) is 36.4 Å². The van der Waals surface area contributed by atoms with E-state index in [-0.39, 0.29) is 12.2 Å². The largest absolute Gasteiger partial charge is 0.493 e. The molecule has 2 saturated heterocycles. The Labute approximate surface area is 215 Å². The van der Waals surface area contributed by atoms with Crippen LogP contribution < -0.4 is 19.1 Å². The number of methoxy groups -OCH3 is 3. The number of aromatic nitrogens is 4. The molecule has 10 heteroatoms. The third-order valence-corrected chi connectivity index (χ3v) is 6.46. The minimum absolute atomic E-state index is 0.159. The lowest BCUT2D eigenvalue weighted by Crippen LogP contribution is -2.32. The molecule has 2 aromatic heterocycles. The lowest BCUT2D eigenvalue weighted by molar-refractivity contribution is 0.0325. The average molecular weight is 506 g/mol. The highest BCUT2D eigenvalue weighted by atomic mass is 16.5. The van der Waals surface area contributed by atoms with Gasteiger partial charge in [-0.05, 0) is 31.0 Å². The van der Waals surface area contributed by atoms with E-state index in [1.165, 1.54) is 12.8 Å². The zero-order valence-corrected chi connectivity index (χ0v) is 21.3. The summed E-state index contributed by atoms with van der Waals surface area (Å²) < 4.78 is 27.8. The van der Waals surface area contributed by atoms with Crippen molar-refractivity contribution in [3.05, 3.63) is 48.9 Å². The van der Waals surface area contributed by atoms with Crippen molar-refractivity contribution in [1.29, 1.82) is 0 Å². The maximum Gasteiger partial charge on any atom is 0.233 e. The van der Waals surface area contributed by atoms with Crippen molar-refractivity contribution < 1.29 is 23.7 Å². The van der Waals surface area contributed by atoms with Gasteiger partial charge in [0.1, 0.15) is 24.4 Å². The first-order valence-electron chi connectivity index (χ1n) is 12.3. The quantitative estimate of drug-likeness (QED) is 0.386. The molecule has 0 saturated carbocycles. The normalized spacial score (nSPS) is 19.1. The summed E-state index contributed by atoms with van der Waals surface area (Å²) in [5.41, 5.74) is 2.39. The number of rotatable bonds is 6. The van der Waals surface area contributed by atoms with Gasteiger partial charge >= 0.3 is 0 Å². The highest BCUT2D eigenvalue weighted by Crippen LogP contribution is 2.36. The molecule has 2 aliphatic heterocycles. The van der Waals surface area contributed by atoms with Crippen LogP contribution in [0.3, 0.4) is 0 Å². The smallest absolute Gasteiger partial charge is 0.233 e. The zero-order chi connectivity index (χ0) is 25.6. The number of para-hydroxylation sites is 2. The second-order valence-corrected chi connectivity index (χ2v) is 8.77. The fraction of sp³-hybridized carbons (Fsp3) is 0.407. The highest BCUT2D eigenvalue weighted by molar-refractivity contribution is 5.92. The molecule has 2 unspecified atom stereocenters. The second-order valence-electron chi connectivity index (χ2n) is 8.77. The first-order valence-corrected chi connectivity index (χ1v) is 12.3. The molecule has 2 aliphatic rings. The Morgan fingerprint density at radius 3 is 2.27 bits per heavy atom. The van der Waals surface area contributed by atoms with Gasteiger partial charge in [-0.15, -0.1) is 0 Å². The van der Waals surface area contributed by atoms with Crippen molar-refractivity contribution in [1.82, 2.24) is 19.9 Å². The van der Waals surface area contributed by atoms with Gasteiger partial charge in [-0.3, -0.25) is 0 Å². The van der Waals surface area contributed by atoms with E-state index >= 15 is 0 Å². The van der Waals surface area contributed by atoms with Crippen LogP contribution in [-0.2, 0) is 9.47 Å². The van der Waals surface area contributed by atoms with E-state index in [4.69, 9.17) is 23.7 Å². The van der Waals surface area contributed by atoms with E-state index < -0.39 is 0 Å². The number of fused-ring (bicyclic) bond motifs is 2. The van der Waals surface area contributed by atoms with Crippen molar-refractivity contribution in [3.63, 3.8) is 0 Å². The summed E-state index contributed by atoms with van der Waals surface area (Å²) >= 11 is 0. The topological polar surface area (TPSA) is 101 Å². The summed E-state index contributed by atoms with van der Waals surface area (Å²) in [5, 5.41) is 0.867. The van der Waals surface area contributed by atoms with Gasteiger partial charge in [-0.2, -0.15) is 0 Å². The number of benzene rings is 2. The van der Waals surface area contributed by atoms with E-state index in [1.54, 1.807) is 33.9 Å². The minimum atomic E-state index is -0.236. The summed E-state index contributed by atoms with van der Waals surface area (Å²) in [6.45, 7) is 3.19. The Morgan fingerprint density at radius 1 is 0.838 bits per heavy atom. The molecule has 2 atom stereocenters. The van der Waals surface area contributed by atoms with Crippen LogP contribution >= 0.6 is 0 Å². The lowest BCUT2D eigenvalue weighted by atomic mass is 10.2. The van der Waals surface area contributed by atoms with Gasteiger partial charge in [-0.25, -0.2) is 19.9 Å². The first-order chi connectivity index (χ1) is 18.2. The maximum atomic E-state index is 6.20.